The molecule has 0 bridgehead atoms. The highest BCUT2D eigenvalue weighted by Crippen LogP contribution is 2.21. The van der Waals surface area contributed by atoms with Gasteiger partial charge in [0.2, 0.25) is 0 Å². The van der Waals surface area contributed by atoms with E-state index in [2.05, 4.69) is 0 Å². The Morgan fingerprint density at radius 3 is 2.74 bits per heavy atom. The van der Waals surface area contributed by atoms with Crippen LogP contribution >= 0.6 is 0 Å². The molecular weight excluding hydrogens is 297 g/mol. The van der Waals surface area contributed by atoms with Crippen molar-refractivity contribution in [3.05, 3.63) is 75.9 Å². The van der Waals surface area contributed by atoms with Gasteiger partial charge in [0.25, 0.3) is 0 Å². The maximum absolute atomic E-state index is 13.3. The van der Waals surface area contributed by atoms with E-state index in [1.807, 2.05) is 13.1 Å². The van der Waals surface area contributed by atoms with Crippen LogP contribution in [-0.4, -0.2) is 12.2 Å². The molecule has 2 N–H and O–H groups in total. The Labute approximate surface area is 132 Å². The highest BCUT2D eigenvalue weighted by molar-refractivity contribution is 5.81. The summed E-state index contributed by atoms with van der Waals surface area (Å²) in [5, 5.41) is 10.3. The molecule has 1 atom stereocenters. The third-order valence-corrected chi connectivity index (χ3v) is 3.70. The summed E-state index contributed by atoms with van der Waals surface area (Å²) in [5.74, 6) is -0.199. The third-order valence-electron chi connectivity index (χ3n) is 3.70. The van der Waals surface area contributed by atoms with Crippen LogP contribution in [0.3, 0.4) is 0 Å². The molecule has 3 rings (SSSR count). The van der Waals surface area contributed by atoms with E-state index in [9.17, 15) is 14.3 Å². The predicted octanol–water partition coefficient (Wildman–Crippen LogP) is 1.85. The zero-order valence-electron chi connectivity index (χ0n) is 12.7. The summed E-state index contributed by atoms with van der Waals surface area (Å²) in [6.07, 6.45) is 0. The fraction of sp³-hybridized carbons (Fsp3) is 0.167. The molecule has 0 aliphatic rings. The van der Waals surface area contributed by atoms with Crippen molar-refractivity contribution in [3.63, 3.8) is 0 Å². The molecule has 1 unspecified atom stereocenters. The molecular formula is C18H17FNO3+. The maximum Gasteiger partial charge on any atom is 0.336 e. The van der Waals surface area contributed by atoms with Crippen LogP contribution in [0.5, 0.6) is 5.75 Å². The zero-order valence-corrected chi connectivity index (χ0v) is 12.7. The van der Waals surface area contributed by atoms with Crippen LogP contribution < -0.4 is 10.5 Å². The quantitative estimate of drug-likeness (QED) is 0.723. The lowest BCUT2D eigenvalue weighted by Gasteiger charge is -2.15. The minimum absolute atomic E-state index is 0.0539. The number of hydrogen-bond acceptors (Lipinski definition) is 3. The molecule has 0 aliphatic heterocycles. The molecule has 0 saturated heterocycles. The van der Waals surface area contributed by atoms with Gasteiger partial charge in [0.05, 0.1) is 7.05 Å². The standard InChI is InChI=1S/C18H16FNO3/c1-20(10-12-3-2-4-14(19)7-12)11-13-8-18(22)23-17-9-15(21)5-6-16(13)17/h2-9,21H,10-11H2,1H3/p+1. The highest BCUT2D eigenvalue weighted by atomic mass is 19.1. The third kappa shape index (κ3) is 3.57. The Morgan fingerprint density at radius 1 is 1.13 bits per heavy atom. The number of rotatable bonds is 4. The van der Waals surface area contributed by atoms with Crippen LogP contribution in [-0.2, 0) is 13.1 Å². The summed E-state index contributed by atoms with van der Waals surface area (Å²) in [5.41, 5.74) is 1.65. The zero-order chi connectivity index (χ0) is 16.4. The molecule has 3 aromatic rings. The average molecular weight is 314 g/mol. The molecule has 23 heavy (non-hydrogen) atoms. The van der Waals surface area contributed by atoms with Crippen LogP contribution in [0.1, 0.15) is 11.1 Å². The van der Waals surface area contributed by atoms with Crippen molar-refractivity contribution in [1.82, 2.24) is 0 Å². The lowest BCUT2D eigenvalue weighted by atomic mass is 10.1. The summed E-state index contributed by atoms with van der Waals surface area (Å²) >= 11 is 0. The van der Waals surface area contributed by atoms with E-state index >= 15 is 0 Å². The normalized spacial score (nSPS) is 12.4. The molecule has 0 fully saturated rings. The molecule has 1 heterocycles. The topological polar surface area (TPSA) is 54.9 Å². The van der Waals surface area contributed by atoms with Gasteiger partial charge < -0.3 is 14.4 Å². The summed E-state index contributed by atoms with van der Waals surface area (Å²) in [4.78, 5) is 12.8. The largest absolute Gasteiger partial charge is 0.508 e. The number of aromatic hydroxyl groups is 1. The van der Waals surface area contributed by atoms with Gasteiger partial charge in [-0.2, -0.15) is 0 Å². The number of quaternary nitrogens is 1. The molecule has 4 nitrogen and oxygen atoms in total. The monoisotopic (exact) mass is 314 g/mol. The fourth-order valence-electron chi connectivity index (χ4n) is 2.75. The molecule has 5 heteroatoms. The second-order valence-electron chi connectivity index (χ2n) is 5.71. The Balaban J connectivity index is 1.87. The molecule has 0 aliphatic carbocycles. The molecule has 1 aromatic heterocycles. The number of phenolic OH excluding ortho intramolecular Hbond substituents is 1. The lowest BCUT2D eigenvalue weighted by molar-refractivity contribution is -0.907. The van der Waals surface area contributed by atoms with E-state index in [1.165, 1.54) is 24.3 Å². The second-order valence-corrected chi connectivity index (χ2v) is 5.71. The molecule has 0 radical (unpaired) electrons. The Morgan fingerprint density at radius 2 is 1.96 bits per heavy atom. The SMILES string of the molecule is C[NH+](Cc1cccc(F)c1)Cc1cc(=O)oc2cc(O)ccc12. The maximum atomic E-state index is 13.3. The summed E-state index contributed by atoms with van der Waals surface area (Å²) in [6.45, 7) is 1.22. The molecule has 118 valence electrons. The second kappa shape index (κ2) is 6.22. The van der Waals surface area contributed by atoms with Crippen molar-refractivity contribution in [2.75, 3.05) is 7.05 Å². The van der Waals surface area contributed by atoms with Gasteiger partial charge in [0, 0.05) is 28.6 Å². The minimum Gasteiger partial charge on any atom is -0.508 e. The van der Waals surface area contributed by atoms with Crippen LogP contribution in [0.15, 0.2) is 57.7 Å². The van der Waals surface area contributed by atoms with Gasteiger partial charge in [-0.3, -0.25) is 0 Å². The van der Waals surface area contributed by atoms with Gasteiger partial charge in [0.15, 0.2) is 0 Å². The van der Waals surface area contributed by atoms with Gasteiger partial charge in [-0.25, -0.2) is 9.18 Å². The van der Waals surface area contributed by atoms with E-state index in [4.69, 9.17) is 4.42 Å². The van der Waals surface area contributed by atoms with E-state index < -0.39 is 5.63 Å². The van der Waals surface area contributed by atoms with Crippen molar-refractivity contribution >= 4 is 11.0 Å². The van der Waals surface area contributed by atoms with Crippen molar-refractivity contribution in [2.45, 2.75) is 13.1 Å². The number of nitrogens with one attached hydrogen (secondary N) is 1. The van der Waals surface area contributed by atoms with Gasteiger partial charge >= 0.3 is 5.63 Å². The highest BCUT2D eigenvalue weighted by Gasteiger charge is 2.12. The first-order valence-electron chi connectivity index (χ1n) is 7.33. The van der Waals surface area contributed by atoms with Crippen molar-refractivity contribution in [1.29, 1.82) is 0 Å². The lowest BCUT2D eigenvalue weighted by Crippen LogP contribution is -3.06. The average Bonchev–Trinajstić information content (AvgIpc) is 2.46. The first-order chi connectivity index (χ1) is 11.0. The summed E-state index contributed by atoms with van der Waals surface area (Å²) in [7, 11) is 1.98. The first kappa shape index (κ1) is 15.2. The number of phenols is 1. The fourth-order valence-corrected chi connectivity index (χ4v) is 2.75. The molecule has 0 amide bonds. The number of hydrogen-bond donors (Lipinski definition) is 2. The van der Waals surface area contributed by atoms with Crippen molar-refractivity contribution in [3.8, 4) is 5.75 Å². The van der Waals surface area contributed by atoms with E-state index in [0.717, 1.165) is 21.4 Å². The summed E-state index contributed by atoms with van der Waals surface area (Å²) < 4.78 is 18.4. The minimum atomic E-state index is -0.448. The molecule has 2 aromatic carbocycles. The Hall–Kier alpha value is -2.66. The smallest absolute Gasteiger partial charge is 0.336 e. The molecule has 0 spiro atoms. The number of benzene rings is 2. The first-order valence-corrected chi connectivity index (χ1v) is 7.33. The van der Waals surface area contributed by atoms with Crippen LogP contribution in [0.2, 0.25) is 0 Å². The van der Waals surface area contributed by atoms with E-state index in [-0.39, 0.29) is 11.6 Å². The summed E-state index contributed by atoms with van der Waals surface area (Å²) in [6, 6.07) is 12.7. The van der Waals surface area contributed by atoms with E-state index in [0.29, 0.717) is 18.7 Å². The van der Waals surface area contributed by atoms with Crippen LogP contribution in [0, 0.1) is 5.82 Å². The number of fused-ring (bicyclic) bond motifs is 1. The van der Waals surface area contributed by atoms with Crippen LogP contribution in [0.4, 0.5) is 4.39 Å². The Kier molecular flexibility index (Phi) is 4.12. The van der Waals surface area contributed by atoms with Gasteiger partial charge in [-0.05, 0) is 24.3 Å². The van der Waals surface area contributed by atoms with Gasteiger partial charge in [-0.15, -0.1) is 0 Å². The van der Waals surface area contributed by atoms with Gasteiger partial charge in [-0.1, -0.05) is 12.1 Å². The number of halogens is 1. The van der Waals surface area contributed by atoms with Crippen molar-refractivity contribution in [2.24, 2.45) is 0 Å². The van der Waals surface area contributed by atoms with Gasteiger partial charge in [0.1, 0.15) is 30.2 Å². The molecule has 0 saturated carbocycles. The Bertz CT molecular complexity index is 904. The van der Waals surface area contributed by atoms with E-state index in [1.54, 1.807) is 18.2 Å². The van der Waals surface area contributed by atoms with Crippen LogP contribution in [0.25, 0.3) is 11.0 Å². The van der Waals surface area contributed by atoms with Crippen molar-refractivity contribution < 1.29 is 18.8 Å². The predicted molar refractivity (Wildman–Crippen MR) is 84.8 cm³/mol.